The third-order valence-corrected chi connectivity index (χ3v) is 6.17. The van der Waals surface area contributed by atoms with Crippen molar-refractivity contribution in [3.05, 3.63) is 28.7 Å². The summed E-state index contributed by atoms with van der Waals surface area (Å²) in [5.41, 5.74) is 5.31. The molecule has 2 atom stereocenters. The van der Waals surface area contributed by atoms with Crippen LogP contribution < -0.4 is 5.73 Å². The van der Waals surface area contributed by atoms with Gasteiger partial charge in [-0.1, -0.05) is 15.9 Å². The van der Waals surface area contributed by atoms with E-state index < -0.39 is 21.8 Å². The van der Waals surface area contributed by atoms with Gasteiger partial charge in [-0.15, -0.1) is 0 Å². The Hall–Kier alpha value is -0.920. The lowest BCUT2D eigenvalue weighted by Gasteiger charge is -2.35. The van der Waals surface area contributed by atoms with E-state index in [9.17, 15) is 13.2 Å². The van der Waals surface area contributed by atoms with E-state index in [0.717, 1.165) is 4.47 Å². The SMILES string of the molecule is CC1CCC(C(N)=O)CN1S(=O)(=O)c1ccc(Br)cc1. The molecule has 2 rings (SSSR count). The van der Waals surface area contributed by atoms with Gasteiger partial charge in [0.1, 0.15) is 0 Å². The molecule has 1 heterocycles. The Bertz CT molecular complexity index is 601. The van der Waals surface area contributed by atoms with Crippen molar-refractivity contribution in [3.8, 4) is 0 Å². The van der Waals surface area contributed by atoms with E-state index in [2.05, 4.69) is 15.9 Å². The van der Waals surface area contributed by atoms with Crippen LogP contribution in [0.1, 0.15) is 19.8 Å². The minimum Gasteiger partial charge on any atom is -0.369 e. The molecule has 1 fully saturated rings. The monoisotopic (exact) mass is 360 g/mol. The summed E-state index contributed by atoms with van der Waals surface area (Å²) < 4.78 is 27.5. The Morgan fingerprint density at radius 2 is 1.90 bits per heavy atom. The zero-order chi connectivity index (χ0) is 14.9. The van der Waals surface area contributed by atoms with Crippen molar-refractivity contribution in [2.24, 2.45) is 11.7 Å². The van der Waals surface area contributed by atoms with E-state index >= 15 is 0 Å². The first-order chi connectivity index (χ1) is 9.32. The first kappa shape index (κ1) is 15.5. The smallest absolute Gasteiger partial charge is 0.243 e. The average molecular weight is 361 g/mol. The summed E-state index contributed by atoms with van der Waals surface area (Å²) in [4.78, 5) is 11.5. The second-order valence-corrected chi connectivity index (χ2v) is 7.86. The summed E-state index contributed by atoms with van der Waals surface area (Å²) in [5.74, 6) is -0.843. The Kier molecular flexibility index (Phi) is 4.51. The predicted molar refractivity (Wildman–Crippen MR) is 79.4 cm³/mol. The molecule has 1 aliphatic rings. The Labute approximate surface area is 127 Å². The van der Waals surface area contributed by atoms with Crippen LogP contribution in [-0.4, -0.2) is 31.2 Å². The van der Waals surface area contributed by atoms with Crippen LogP contribution in [0.2, 0.25) is 0 Å². The molecule has 0 aliphatic carbocycles. The second kappa shape index (κ2) is 5.83. The highest BCUT2D eigenvalue weighted by Crippen LogP contribution is 2.28. The topological polar surface area (TPSA) is 80.5 Å². The van der Waals surface area contributed by atoms with Gasteiger partial charge < -0.3 is 5.73 Å². The molecule has 1 aromatic carbocycles. The Morgan fingerprint density at radius 3 is 2.45 bits per heavy atom. The maximum absolute atomic E-state index is 12.6. The van der Waals surface area contributed by atoms with Crippen molar-refractivity contribution in [1.82, 2.24) is 4.31 Å². The molecule has 1 aliphatic heterocycles. The van der Waals surface area contributed by atoms with Crippen LogP contribution in [0.3, 0.4) is 0 Å². The third-order valence-electron chi connectivity index (χ3n) is 3.65. The van der Waals surface area contributed by atoms with Crippen molar-refractivity contribution >= 4 is 31.9 Å². The molecule has 0 saturated carbocycles. The molecule has 0 spiro atoms. The number of carbonyl (C=O) groups is 1. The first-order valence-corrected chi connectivity index (χ1v) is 8.62. The standard InChI is InChI=1S/C13H17BrN2O3S/c1-9-2-3-10(13(15)17)8-16(9)20(18,19)12-6-4-11(14)5-7-12/h4-7,9-10H,2-3,8H2,1H3,(H2,15,17). The van der Waals surface area contributed by atoms with Crippen LogP contribution in [0.15, 0.2) is 33.6 Å². The lowest BCUT2D eigenvalue weighted by atomic mass is 9.95. The molecule has 2 N–H and O–H groups in total. The molecule has 0 bridgehead atoms. The van der Waals surface area contributed by atoms with E-state index in [1.165, 1.54) is 4.31 Å². The summed E-state index contributed by atoms with van der Waals surface area (Å²) in [6, 6.07) is 6.36. The summed E-state index contributed by atoms with van der Waals surface area (Å²) in [6.45, 7) is 2.02. The molecule has 1 saturated heterocycles. The van der Waals surface area contributed by atoms with Crippen LogP contribution in [0.25, 0.3) is 0 Å². The highest BCUT2D eigenvalue weighted by atomic mass is 79.9. The molecule has 20 heavy (non-hydrogen) atoms. The minimum absolute atomic E-state index is 0.126. The van der Waals surface area contributed by atoms with Crippen molar-refractivity contribution in [1.29, 1.82) is 0 Å². The number of primary amides is 1. The third kappa shape index (κ3) is 3.05. The lowest BCUT2D eigenvalue weighted by Crippen LogP contribution is -2.48. The van der Waals surface area contributed by atoms with Crippen molar-refractivity contribution in [2.75, 3.05) is 6.54 Å². The van der Waals surface area contributed by atoms with Crippen molar-refractivity contribution < 1.29 is 13.2 Å². The minimum atomic E-state index is -3.59. The Balaban J connectivity index is 2.31. The van der Waals surface area contributed by atoms with Crippen molar-refractivity contribution in [3.63, 3.8) is 0 Å². The number of amides is 1. The predicted octanol–water partition coefficient (Wildman–Crippen LogP) is 1.72. The van der Waals surface area contributed by atoms with Gasteiger partial charge in [-0.3, -0.25) is 4.79 Å². The van der Waals surface area contributed by atoms with Gasteiger partial charge in [0, 0.05) is 17.1 Å². The largest absolute Gasteiger partial charge is 0.369 e. The summed E-state index contributed by atoms with van der Waals surface area (Å²) >= 11 is 3.28. The van der Waals surface area contributed by atoms with E-state index in [1.807, 2.05) is 6.92 Å². The van der Waals surface area contributed by atoms with Crippen LogP contribution >= 0.6 is 15.9 Å². The number of hydrogen-bond donors (Lipinski definition) is 1. The van der Waals surface area contributed by atoms with E-state index in [1.54, 1.807) is 24.3 Å². The van der Waals surface area contributed by atoms with Crippen LogP contribution in [0, 0.1) is 5.92 Å². The van der Waals surface area contributed by atoms with E-state index in [-0.39, 0.29) is 17.5 Å². The number of rotatable bonds is 3. The number of carbonyl (C=O) groups excluding carboxylic acids is 1. The normalized spacial score (nSPS) is 24.5. The van der Waals surface area contributed by atoms with Crippen LogP contribution in [0.4, 0.5) is 0 Å². The fraction of sp³-hybridized carbons (Fsp3) is 0.462. The second-order valence-electron chi connectivity index (χ2n) is 5.05. The molecule has 5 nitrogen and oxygen atoms in total. The van der Waals surface area contributed by atoms with Crippen LogP contribution in [0.5, 0.6) is 0 Å². The lowest BCUT2D eigenvalue weighted by molar-refractivity contribution is -0.123. The molecule has 1 amide bonds. The molecular weight excluding hydrogens is 344 g/mol. The van der Waals surface area contributed by atoms with Gasteiger partial charge in [-0.25, -0.2) is 8.42 Å². The highest BCUT2D eigenvalue weighted by molar-refractivity contribution is 9.10. The molecule has 110 valence electrons. The summed E-state index contributed by atoms with van der Waals surface area (Å²) in [5, 5.41) is 0. The first-order valence-electron chi connectivity index (χ1n) is 6.39. The fourth-order valence-electron chi connectivity index (χ4n) is 2.38. The highest BCUT2D eigenvalue weighted by Gasteiger charge is 2.36. The van der Waals surface area contributed by atoms with Gasteiger partial charge >= 0.3 is 0 Å². The number of nitrogens with two attached hydrogens (primary N) is 1. The summed E-state index contributed by atoms with van der Waals surface area (Å²) in [6.07, 6.45) is 1.28. The van der Waals surface area contributed by atoms with Gasteiger partial charge in [-0.05, 0) is 44.0 Å². The number of nitrogens with zero attached hydrogens (tertiary/aromatic N) is 1. The number of benzene rings is 1. The molecule has 0 radical (unpaired) electrons. The number of piperidine rings is 1. The van der Waals surface area contributed by atoms with Crippen molar-refractivity contribution in [2.45, 2.75) is 30.7 Å². The van der Waals surface area contributed by atoms with E-state index in [0.29, 0.717) is 12.8 Å². The molecule has 2 unspecified atom stereocenters. The number of hydrogen-bond acceptors (Lipinski definition) is 3. The fourth-order valence-corrected chi connectivity index (χ4v) is 4.35. The molecule has 0 aromatic heterocycles. The molecule has 7 heteroatoms. The number of halogens is 1. The molecule has 1 aromatic rings. The quantitative estimate of drug-likeness (QED) is 0.890. The Morgan fingerprint density at radius 1 is 1.30 bits per heavy atom. The average Bonchev–Trinajstić information content (AvgIpc) is 2.39. The maximum Gasteiger partial charge on any atom is 0.243 e. The van der Waals surface area contributed by atoms with Crippen LogP contribution in [-0.2, 0) is 14.8 Å². The van der Waals surface area contributed by atoms with Gasteiger partial charge in [0.25, 0.3) is 0 Å². The zero-order valence-corrected chi connectivity index (χ0v) is 13.5. The zero-order valence-electron chi connectivity index (χ0n) is 11.1. The van der Waals surface area contributed by atoms with Gasteiger partial charge in [0.2, 0.25) is 15.9 Å². The van der Waals surface area contributed by atoms with Gasteiger partial charge in [0.15, 0.2) is 0 Å². The summed E-state index contributed by atoms with van der Waals surface area (Å²) in [7, 11) is -3.59. The maximum atomic E-state index is 12.6. The van der Waals surface area contributed by atoms with Gasteiger partial charge in [0.05, 0.1) is 10.8 Å². The number of sulfonamides is 1. The van der Waals surface area contributed by atoms with Gasteiger partial charge in [-0.2, -0.15) is 4.31 Å². The molecular formula is C13H17BrN2O3S. The van der Waals surface area contributed by atoms with E-state index in [4.69, 9.17) is 5.73 Å².